The first-order valence-corrected chi connectivity index (χ1v) is 12.8. The van der Waals surface area contributed by atoms with E-state index in [0.29, 0.717) is 24.8 Å². The number of amides is 1. The van der Waals surface area contributed by atoms with Gasteiger partial charge in [0.25, 0.3) is 0 Å². The van der Waals surface area contributed by atoms with E-state index in [0.717, 1.165) is 54.8 Å². The first-order chi connectivity index (χ1) is 16.6. The molecule has 0 saturated carbocycles. The van der Waals surface area contributed by atoms with E-state index in [1.54, 1.807) is 28.4 Å². The van der Waals surface area contributed by atoms with Crippen molar-refractivity contribution in [2.24, 2.45) is 5.92 Å². The van der Waals surface area contributed by atoms with E-state index in [9.17, 15) is 9.18 Å². The summed E-state index contributed by atoms with van der Waals surface area (Å²) in [4.78, 5) is 14.9. The number of para-hydroxylation sites is 1. The van der Waals surface area contributed by atoms with Gasteiger partial charge in [-0.05, 0) is 52.7 Å². The summed E-state index contributed by atoms with van der Waals surface area (Å²) >= 11 is 1.58. The normalized spacial score (nSPS) is 22.8. The maximum absolute atomic E-state index is 14.0. The molecule has 5 nitrogen and oxygen atoms in total. The Bertz CT molecular complexity index is 1090. The van der Waals surface area contributed by atoms with Gasteiger partial charge in [-0.25, -0.2) is 9.18 Å². The van der Waals surface area contributed by atoms with Crippen LogP contribution < -0.4 is 26.6 Å². The molecule has 186 valence electrons. The van der Waals surface area contributed by atoms with Gasteiger partial charge in [0.05, 0.1) is 25.3 Å². The van der Waals surface area contributed by atoms with E-state index >= 15 is 0 Å². The molecule has 2 bridgehead atoms. The van der Waals surface area contributed by atoms with Gasteiger partial charge in [-0.2, -0.15) is 11.3 Å². The molecule has 6 rings (SSSR count). The minimum atomic E-state index is -0.408. The summed E-state index contributed by atoms with van der Waals surface area (Å²) in [6.07, 6.45) is 1.56. The number of halogens is 2. The fourth-order valence-corrected chi connectivity index (χ4v) is 5.87. The standard InChI is InChI=1S/C27H30FN2O3S.BrH/c28-23-5-4-6-24(17-23)29(18-21-11-16-34-20-21)27(31)33-26-19-30(12-9-22(26)10-13-30)14-15-32-25-7-2-1-3-8-25;/h1-8,11,16-17,20,22,26H,9-10,12-15,18-19H2;1H/q+1;/p-1/t22?,26-,30?;/m0./s1. The van der Waals surface area contributed by atoms with E-state index < -0.39 is 6.09 Å². The van der Waals surface area contributed by atoms with E-state index in [2.05, 4.69) is 0 Å². The number of thiophene rings is 1. The number of carbonyl (C=O) groups excluding carboxylic acids is 1. The molecule has 0 spiro atoms. The average Bonchev–Trinajstić information content (AvgIpc) is 3.37. The van der Waals surface area contributed by atoms with Crippen LogP contribution in [0.25, 0.3) is 0 Å². The highest BCUT2D eigenvalue weighted by atomic mass is 79.9. The number of fused-ring (bicyclic) bond motifs is 3. The van der Waals surface area contributed by atoms with Crippen LogP contribution in [0.1, 0.15) is 18.4 Å². The van der Waals surface area contributed by atoms with Crippen molar-refractivity contribution in [1.29, 1.82) is 0 Å². The van der Waals surface area contributed by atoms with Crippen LogP contribution >= 0.6 is 11.3 Å². The van der Waals surface area contributed by atoms with Crippen LogP contribution in [0.4, 0.5) is 14.9 Å². The van der Waals surface area contributed by atoms with Crippen LogP contribution in [0.5, 0.6) is 5.75 Å². The van der Waals surface area contributed by atoms with Crippen molar-refractivity contribution in [3.63, 3.8) is 0 Å². The van der Waals surface area contributed by atoms with Crippen LogP contribution in [-0.2, 0) is 11.3 Å². The number of quaternary nitrogens is 1. The van der Waals surface area contributed by atoms with Crippen LogP contribution in [0.2, 0.25) is 0 Å². The number of ether oxygens (including phenoxy) is 2. The summed E-state index contributed by atoms with van der Waals surface area (Å²) in [5, 5.41) is 3.98. The average molecular weight is 562 g/mol. The lowest BCUT2D eigenvalue weighted by Crippen LogP contribution is -3.00. The molecule has 4 heterocycles. The number of carbonyl (C=O) groups is 1. The number of rotatable bonds is 8. The van der Waals surface area contributed by atoms with Crippen molar-refractivity contribution >= 4 is 23.1 Å². The van der Waals surface area contributed by atoms with Crippen molar-refractivity contribution in [2.45, 2.75) is 25.5 Å². The van der Waals surface area contributed by atoms with Crippen molar-refractivity contribution in [2.75, 3.05) is 37.7 Å². The van der Waals surface area contributed by atoms with E-state index in [1.165, 1.54) is 12.1 Å². The Balaban J connectivity index is 0.00000289. The molecule has 2 aromatic carbocycles. The van der Waals surface area contributed by atoms with Crippen molar-refractivity contribution < 1.29 is 40.1 Å². The fraction of sp³-hybridized carbons (Fsp3) is 0.370. The summed E-state index contributed by atoms with van der Waals surface area (Å²) in [5.41, 5.74) is 1.51. The summed E-state index contributed by atoms with van der Waals surface area (Å²) in [6, 6.07) is 18.0. The lowest BCUT2D eigenvalue weighted by Gasteiger charge is -2.52. The molecule has 0 radical (unpaired) electrons. The van der Waals surface area contributed by atoms with Crippen LogP contribution in [0.15, 0.2) is 71.4 Å². The molecular formula is C27H30BrFN2O3S. The molecule has 8 heteroatoms. The number of anilines is 1. The third kappa shape index (κ3) is 6.23. The SMILES string of the molecule is O=C(O[C@H]1C[N+]2(CCOc3ccccc3)CCC1CC2)N(Cc1ccsc1)c1cccc(F)c1.[Br-]. The van der Waals surface area contributed by atoms with Gasteiger partial charge in [0.1, 0.15) is 31.3 Å². The Hall–Kier alpha value is -2.42. The smallest absolute Gasteiger partial charge is 0.415 e. The second kappa shape index (κ2) is 11.5. The molecule has 1 aromatic heterocycles. The number of hydrogen-bond donors (Lipinski definition) is 0. The topological polar surface area (TPSA) is 38.8 Å². The zero-order valence-electron chi connectivity index (χ0n) is 19.5. The second-order valence-corrected chi connectivity index (χ2v) is 10.1. The Labute approximate surface area is 220 Å². The summed E-state index contributed by atoms with van der Waals surface area (Å²) in [7, 11) is 0. The van der Waals surface area contributed by atoms with Gasteiger partial charge in [0, 0.05) is 18.8 Å². The van der Waals surface area contributed by atoms with Crippen molar-refractivity contribution in [3.05, 3.63) is 82.8 Å². The van der Waals surface area contributed by atoms with Gasteiger partial charge in [-0.15, -0.1) is 0 Å². The van der Waals surface area contributed by atoms with E-state index in [-0.39, 0.29) is 28.9 Å². The molecule has 0 aliphatic carbocycles. The highest BCUT2D eigenvalue weighted by Gasteiger charge is 2.48. The number of nitrogens with zero attached hydrogens (tertiary/aromatic N) is 2. The molecule has 3 saturated heterocycles. The number of hydrogen-bond acceptors (Lipinski definition) is 4. The second-order valence-electron chi connectivity index (χ2n) is 9.31. The van der Waals surface area contributed by atoms with Crippen LogP contribution in [0.3, 0.4) is 0 Å². The third-order valence-corrected chi connectivity index (χ3v) is 7.86. The predicted molar refractivity (Wildman–Crippen MR) is 132 cm³/mol. The number of benzene rings is 2. The van der Waals surface area contributed by atoms with Crippen LogP contribution in [0, 0.1) is 11.7 Å². The Kier molecular flexibility index (Phi) is 8.46. The molecule has 1 amide bonds. The Morgan fingerprint density at radius 3 is 2.60 bits per heavy atom. The Morgan fingerprint density at radius 2 is 1.89 bits per heavy atom. The van der Waals surface area contributed by atoms with E-state index in [1.807, 2.05) is 47.2 Å². The van der Waals surface area contributed by atoms with Gasteiger partial charge >= 0.3 is 6.09 Å². The maximum Gasteiger partial charge on any atom is 0.415 e. The summed E-state index contributed by atoms with van der Waals surface area (Å²) in [5.74, 6) is 0.899. The molecule has 3 aliphatic rings. The van der Waals surface area contributed by atoms with Gasteiger partial charge < -0.3 is 30.9 Å². The lowest BCUT2D eigenvalue weighted by atomic mass is 9.83. The highest BCUT2D eigenvalue weighted by molar-refractivity contribution is 7.07. The molecule has 35 heavy (non-hydrogen) atoms. The molecule has 3 aliphatic heterocycles. The van der Waals surface area contributed by atoms with Gasteiger partial charge in [0.15, 0.2) is 6.10 Å². The predicted octanol–water partition coefficient (Wildman–Crippen LogP) is 2.72. The zero-order chi connectivity index (χ0) is 23.4. The third-order valence-electron chi connectivity index (χ3n) is 7.13. The Morgan fingerprint density at radius 1 is 1.09 bits per heavy atom. The monoisotopic (exact) mass is 560 g/mol. The summed E-state index contributed by atoms with van der Waals surface area (Å²) < 4.78 is 27.0. The van der Waals surface area contributed by atoms with Gasteiger partial charge in [-0.3, -0.25) is 4.90 Å². The molecule has 3 fully saturated rings. The number of piperidine rings is 3. The quantitative estimate of drug-likeness (QED) is 0.398. The molecule has 3 aromatic rings. The van der Waals surface area contributed by atoms with Crippen molar-refractivity contribution in [3.8, 4) is 5.75 Å². The molecule has 0 unspecified atom stereocenters. The van der Waals surface area contributed by atoms with E-state index in [4.69, 9.17) is 9.47 Å². The maximum atomic E-state index is 14.0. The minimum absolute atomic E-state index is 0. The van der Waals surface area contributed by atoms with Crippen molar-refractivity contribution in [1.82, 2.24) is 0 Å². The largest absolute Gasteiger partial charge is 1.00 e. The van der Waals surface area contributed by atoms with Crippen LogP contribution in [-0.4, -0.2) is 49.5 Å². The first-order valence-electron chi connectivity index (χ1n) is 11.9. The zero-order valence-corrected chi connectivity index (χ0v) is 21.9. The first kappa shape index (κ1) is 25.7. The van der Waals surface area contributed by atoms with Gasteiger partial charge in [0.2, 0.25) is 0 Å². The highest BCUT2D eigenvalue weighted by Crippen LogP contribution is 2.36. The molecular weight excluding hydrogens is 531 g/mol. The summed E-state index contributed by atoms with van der Waals surface area (Å²) in [6.45, 7) is 4.90. The minimum Gasteiger partial charge on any atom is -1.00 e. The molecule has 1 atom stereocenters. The molecule has 0 N–H and O–H groups in total. The fourth-order valence-electron chi connectivity index (χ4n) is 5.21. The van der Waals surface area contributed by atoms with Gasteiger partial charge in [-0.1, -0.05) is 24.3 Å². The lowest BCUT2D eigenvalue weighted by molar-refractivity contribution is -0.946.